The number of ketones is 1. The lowest BCUT2D eigenvalue weighted by molar-refractivity contribution is -0.117. The standard InChI is InChI=1S/C8H12N2O/c1-7-5-10(6-9-7)4-3-8(2)11/h5-6H,3-4H2,1-2H3. The molecule has 0 saturated heterocycles. The van der Waals surface area contributed by atoms with Gasteiger partial charge in [0.25, 0.3) is 0 Å². The normalized spacial score (nSPS) is 10.0. The number of rotatable bonds is 3. The predicted molar refractivity (Wildman–Crippen MR) is 42.3 cm³/mol. The Bertz CT molecular complexity index is 252. The monoisotopic (exact) mass is 152 g/mol. The third-order valence-corrected chi connectivity index (χ3v) is 1.48. The molecular weight excluding hydrogens is 140 g/mol. The second-order valence-electron chi connectivity index (χ2n) is 2.70. The van der Waals surface area contributed by atoms with Gasteiger partial charge in [-0.3, -0.25) is 4.79 Å². The first-order valence-corrected chi connectivity index (χ1v) is 3.66. The van der Waals surface area contributed by atoms with E-state index in [9.17, 15) is 4.79 Å². The molecule has 0 aromatic carbocycles. The van der Waals surface area contributed by atoms with Crippen molar-refractivity contribution in [1.82, 2.24) is 9.55 Å². The number of aryl methyl sites for hydroxylation is 2. The Balaban J connectivity index is 2.45. The molecule has 0 spiro atoms. The molecule has 1 aromatic rings. The molecule has 1 rings (SSSR count). The van der Waals surface area contributed by atoms with E-state index in [1.54, 1.807) is 13.3 Å². The van der Waals surface area contributed by atoms with Gasteiger partial charge in [-0.25, -0.2) is 4.98 Å². The number of carbonyl (C=O) groups excluding carboxylic acids is 1. The van der Waals surface area contributed by atoms with Gasteiger partial charge in [0, 0.05) is 19.2 Å². The lowest BCUT2D eigenvalue weighted by Gasteiger charge is -1.96. The van der Waals surface area contributed by atoms with Gasteiger partial charge < -0.3 is 4.57 Å². The molecule has 3 heteroatoms. The van der Waals surface area contributed by atoms with Crippen LogP contribution in [0.15, 0.2) is 12.5 Å². The molecule has 0 aliphatic heterocycles. The van der Waals surface area contributed by atoms with Gasteiger partial charge in [0.05, 0.1) is 12.0 Å². The number of nitrogens with zero attached hydrogens (tertiary/aromatic N) is 2. The zero-order chi connectivity index (χ0) is 8.27. The van der Waals surface area contributed by atoms with Crippen LogP contribution in [0.4, 0.5) is 0 Å². The second-order valence-corrected chi connectivity index (χ2v) is 2.70. The van der Waals surface area contributed by atoms with Gasteiger partial charge in [-0.2, -0.15) is 0 Å². The molecule has 0 saturated carbocycles. The number of hydrogen-bond acceptors (Lipinski definition) is 2. The van der Waals surface area contributed by atoms with E-state index < -0.39 is 0 Å². The first kappa shape index (κ1) is 7.98. The third kappa shape index (κ3) is 2.53. The summed E-state index contributed by atoms with van der Waals surface area (Å²) >= 11 is 0. The van der Waals surface area contributed by atoms with Gasteiger partial charge in [0.15, 0.2) is 0 Å². The lowest BCUT2D eigenvalue weighted by atomic mass is 10.3. The van der Waals surface area contributed by atoms with Crippen LogP contribution in [-0.2, 0) is 11.3 Å². The molecule has 11 heavy (non-hydrogen) atoms. The van der Waals surface area contributed by atoms with Crippen LogP contribution in [0.25, 0.3) is 0 Å². The number of imidazole rings is 1. The average molecular weight is 152 g/mol. The largest absolute Gasteiger partial charge is 0.337 e. The van der Waals surface area contributed by atoms with Gasteiger partial charge in [-0.15, -0.1) is 0 Å². The molecule has 0 amide bonds. The second kappa shape index (κ2) is 3.32. The van der Waals surface area contributed by atoms with Gasteiger partial charge in [-0.05, 0) is 13.8 Å². The van der Waals surface area contributed by atoms with E-state index in [0.29, 0.717) is 6.42 Å². The maximum absolute atomic E-state index is 10.6. The lowest BCUT2D eigenvalue weighted by Crippen LogP contribution is -1.99. The SMILES string of the molecule is CC(=O)CCn1cnc(C)c1. The molecule has 0 atom stereocenters. The van der Waals surface area contributed by atoms with E-state index in [1.807, 2.05) is 17.7 Å². The number of Topliss-reactive ketones (excluding diaryl/α,β-unsaturated/α-hetero) is 1. The summed E-state index contributed by atoms with van der Waals surface area (Å²) in [5.41, 5.74) is 0.994. The fraction of sp³-hybridized carbons (Fsp3) is 0.500. The molecule has 0 radical (unpaired) electrons. The molecule has 1 aromatic heterocycles. The van der Waals surface area contributed by atoms with Crippen LogP contribution in [0.5, 0.6) is 0 Å². The van der Waals surface area contributed by atoms with Crippen LogP contribution in [-0.4, -0.2) is 15.3 Å². The maximum Gasteiger partial charge on any atom is 0.131 e. The molecule has 0 unspecified atom stereocenters. The topological polar surface area (TPSA) is 34.9 Å². The Morgan fingerprint density at radius 3 is 2.91 bits per heavy atom. The molecular formula is C8H12N2O. The molecule has 0 aliphatic rings. The number of aromatic nitrogens is 2. The summed E-state index contributed by atoms with van der Waals surface area (Å²) in [5.74, 6) is 0.219. The summed E-state index contributed by atoms with van der Waals surface area (Å²) in [7, 11) is 0. The first-order valence-electron chi connectivity index (χ1n) is 3.66. The zero-order valence-electron chi connectivity index (χ0n) is 6.87. The van der Waals surface area contributed by atoms with Gasteiger partial charge >= 0.3 is 0 Å². The van der Waals surface area contributed by atoms with E-state index in [-0.39, 0.29) is 5.78 Å². The molecule has 0 aliphatic carbocycles. The Kier molecular flexibility index (Phi) is 2.41. The summed E-state index contributed by atoms with van der Waals surface area (Å²) in [6.45, 7) is 4.28. The molecule has 0 bridgehead atoms. The smallest absolute Gasteiger partial charge is 0.131 e. The van der Waals surface area contributed by atoms with Crippen LogP contribution in [0, 0.1) is 6.92 Å². The molecule has 3 nitrogen and oxygen atoms in total. The van der Waals surface area contributed by atoms with Gasteiger partial charge in [0.1, 0.15) is 5.78 Å². The third-order valence-electron chi connectivity index (χ3n) is 1.48. The minimum atomic E-state index is 0.219. The van der Waals surface area contributed by atoms with E-state index in [1.165, 1.54) is 0 Å². The van der Waals surface area contributed by atoms with Crippen molar-refractivity contribution in [2.45, 2.75) is 26.8 Å². The summed E-state index contributed by atoms with van der Waals surface area (Å²) in [6, 6.07) is 0. The van der Waals surface area contributed by atoms with E-state index >= 15 is 0 Å². The van der Waals surface area contributed by atoms with Crippen LogP contribution in [0.2, 0.25) is 0 Å². The van der Waals surface area contributed by atoms with Crippen molar-refractivity contribution < 1.29 is 4.79 Å². The Morgan fingerprint density at radius 2 is 2.45 bits per heavy atom. The van der Waals surface area contributed by atoms with E-state index in [0.717, 1.165) is 12.2 Å². The molecule has 60 valence electrons. The highest BCUT2D eigenvalue weighted by molar-refractivity contribution is 5.75. The Morgan fingerprint density at radius 1 is 1.73 bits per heavy atom. The Labute approximate surface area is 66.1 Å². The predicted octanol–water partition coefficient (Wildman–Crippen LogP) is 1.17. The summed E-state index contributed by atoms with van der Waals surface area (Å²) < 4.78 is 1.93. The zero-order valence-corrected chi connectivity index (χ0v) is 6.87. The van der Waals surface area contributed by atoms with Crippen molar-refractivity contribution in [1.29, 1.82) is 0 Å². The average Bonchev–Trinajstić information content (AvgIpc) is 2.31. The van der Waals surface area contributed by atoms with Crippen LogP contribution in [0.3, 0.4) is 0 Å². The molecule has 0 fully saturated rings. The fourth-order valence-electron chi connectivity index (χ4n) is 0.881. The van der Waals surface area contributed by atoms with Crippen molar-refractivity contribution in [3.8, 4) is 0 Å². The van der Waals surface area contributed by atoms with E-state index in [4.69, 9.17) is 0 Å². The fourth-order valence-corrected chi connectivity index (χ4v) is 0.881. The van der Waals surface area contributed by atoms with Crippen molar-refractivity contribution in [2.75, 3.05) is 0 Å². The van der Waals surface area contributed by atoms with E-state index in [2.05, 4.69) is 4.98 Å². The molecule has 0 N–H and O–H groups in total. The van der Waals surface area contributed by atoms with Crippen molar-refractivity contribution in [2.24, 2.45) is 0 Å². The summed E-state index contributed by atoms with van der Waals surface area (Å²) in [6.07, 6.45) is 4.27. The minimum Gasteiger partial charge on any atom is -0.337 e. The van der Waals surface area contributed by atoms with Gasteiger partial charge in [-0.1, -0.05) is 0 Å². The van der Waals surface area contributed by atoms with Crippen molar-refractivity contribution in [3.63, 3.8) is 0 Å². The van der Waals surface area contributed by atoms with Crippen molar-refractivity contribution in [3.05, 3.63) is 18.2 Å². The highest BCUT2D eigenvalue weighted by Crippen LogP contribution is 1.95. The maximum atomic E-state index is 10.6. The number of carbonyl (C=O) groups is 1. The molecule has 1 heterocycles. The van der Waals surface area contributed by atoms with Crippen LogP contribution >= 0.6 is 0 Å². The highest BCUT2D eigenvalue weighted by Gasteiger charge is 1.95. The van der Waals surface area contributed by atoms with Crippen LogP contribution in [0.1, 0.15) is 19.0 Å². The summed E-state index contributed by atoms with van der Waals surface area (Å²) in [5, 5.41) is 0. The first-order chi connectivity index (χ1) is 5.18. The minimum absolute atomic E-state index is 0.219. The van der Waals surface area contributed by atoms with Crippen LogP contribution < -0.4 is 0 Å². The highest BCUT2D eigenvalue weighted by atomic mass is 16.1. The quantitative estimate of drug-likeness (QED) is 0.651. The van der Waals surface area contributed by atoms with Crippen molar-refractivity contribution >= 4 is 5.78 Å². The van der Waals surface area contributed by atoms with Gasteiger partial charge in [0.2, 0.25) is 0 Å². The Hall–Kier alpha value is -1.12. The summed E-state index contributed by atoms with van der Waals surface area (Å²) in [4.78, 5) is 14.6. The number of hydrogen-bond donors (Lipinski definition) is 0.